The second-order valence-corrected chi connectivity index (χ2v) is 5.77. The number of nitrogens with zero attached hydrogens (tertiary/aromatic N) is 3. The number of aliphatic imine (C=N–C) groups is 1. The van der Waals surface area contributed by atoms with Crippen LogP contribution in [-0.2, 0) is 6.42 Å². The molecule has 1 aromatic rings. The van der Waals surface area contributed by atoms with Crippen LogP contribution in [0.2, 0.25) is 0 Å². The topological polar surface area (TPSA) is 75.3 Å². The average molecular weight is 279 g/mol. The fraction of sp³-hybridized carbons (Fsp3) is 0.786. The van der Waals surface area contributed by atoms with Crippen molar-refractivity contribution >= 4 is 5.96 Å². The molecular weight excluding hydrogens is 254 g/mol. The standard InChI is InChI=1S/C14H25N5O/c1-10(2)9-16-14(18-12-6-7-12)15-8-4-5-13-17-11(3)19-20-13/h10,12H,4-9H2,1-3H3,(H2,15,16,18). The molecule has 0 aromatic carbocycles. The van der Waals surface area contributed by atoms with Gasteiger partial charge in [0.05, 0.1) is 0 Å². The lowest BCUT2D eigenvalue weighted by molar-refractivity contribution is 0.372. The lowest BCUT2D eigenvalue weighted by atomic mass is 10.2. The summed E-state index contributed by atoms with van der Waals surface area (Å²) in [5.74, 6) is 2.92. The van der Waals surface area contributed by atoms with Crippen LogP contribution in [0, 0.1) is 12.8 Å². The molecule has 1 aromatic heterocycles. The van der Waals surface area contributed by atoms with E-state index < -0.39 is 0 Å². The minimum absolute atomic E-state index is 0.578. The molecule has 20 heavy (non-hydrogen) atoms. The monoisotopic (exact) mass is 279 g/mol. The molecule has 0 saturated heterocycles. The smallest absolute Gasteiger partial charge is 0.226 e. The summed E-state index contributed by atoms with van der Waals surface area (Å²) in [5, 5.41) is 10.6. The highest BCUT2D eigenvalue weighted by atomic mass is 16.5. The van der Waals surface area contributed by atoms with Crippen molar-refractivity contribution in [3.05, 3.63) is 11.7 Å². The summed E-state index contributed by atoms with van der Waals surface area (Å²) in [4.78, 5) is 8.79. The summed E-state index contributed by atoms with van der Waals surface area (Å²) < 4.78 is 5.09. The van der Waals surface area contributed by atoms with Crippen molar-refractivity contribution in [1.29, 1.82) is 0 Å². The van der Waals surface area contributed by atoms with Gasteiger partial charge < -0.3 is 15.2 Å². The van der Waals surface area contributed by atoms with E-state index in [4.69, 9.17) is 4.52 Å². The van der Waals surface area contributed by atoms with Crippen molar-refractivity contribution in [2.45, 2.75) is 52.5 Å². The van der Waals surface area contributed by atoms with Gasteiger partial charge in [-0.3, -0.25) is 4.99 Å². The number of guanidine groups is 1. The molecule has 0 atom stereocenters. The number of nitrogens with one attached hydrogen (secondary N) is 2. The van der Waals surface area contributed by atoms with E-state index in [9.17, 15) is 0 Å². The summed E-state index contributed by atoms with van der Waals surface area (Å²) >= 11 is 0. The molecule has 1 saturated carbocycles. The highest BCUT2D eigenvalue weighted by Gasteiger charge is 2.22. The molecule has 112 valence electrons. The molecule has 1 fully saturated rings. The van der Waals surface area contributed by atoms with Gasteiger partial charge in [-0.1, -0.05) is 19.0 Å². The van der Waals surface area contributed by atoms with Crippen LogP contribution in [0.15, 0.2) is 9.52 Å². The minimum atomic E-state index is 0.578. The Morgan fingerprint density at radius 3 is 2.85 bits per heavy atom. The fourth-order valence-electron chi connectivity index (χ4n) is 1.74. The Morgan fingerprint density at radius 1 is 1.45 bits per heavy atom. The van der Waals surface area contributed by atoms with Crippen LogP contribution in [-0.4, -0.2) is 35.2 Å². The van der Waals surface area contributed by atoms with Gasteiger partial charge in [0.25, 0.3) is 0 Å². The predicted octanol–water partition coefficient (Wildman–Crippen LogP) is 1.66. The van der Waals surface area contributed by atoms with Crippen LogP contribution in [0.3, 0.4) is 0 Å². The maximum atomic E-state index is 5.09. The van der Waals surface area contributed by atoms with E-state index in [1.54, 1.807) is 0 Å². The van der Waals surface area contributed by atoms with Gasteiger partial charge in [-0.2, -0.15) is 4.98 Å². The molecule has 0 unspecified atom stereocenters. The molecule has 0 radical (unpaired) electrons. The zero-order valence-electron chi connectivity index (χ0n) is 12.6. The van der Waals surface area contributed by atoms with Gasteiger partial charge in [-0.05, 0) is 32.1 Å². The lowest BCUT2D eigenvalue weighted by Crippen LogP contribution is -2.39. The van der Waals surface area contributed by atoms with Crippen LogP contribution in [0.5, 0.6) is 0 Å². The first kappa shape index (κ1) is 14.8. The van der Waals surface area contributed by atoms with Crippen LogP contribution in [0.25, 0.3) is 0 Å². The van der Waals surface area contributed by atoms with E-state index in [-0.39, 0.29) is 0 Å². The Balaban J connectivity index is 1.69. The summed E-state index contributed by atoms with van der Waals surface area (Å²) in [6.07, 6.45) is 4.26. The molecular formula is C14H25N5O. The first-order chi connectivity index (χ1) is 9.63. The van der Waals surface area contributed by atoms with Gasteiger partial charge >= 0.3 is 0 Å². The van der Waals surface area contributed by atoms with Gasteiger partial charge in [0.2, 0.25) is 5.89 Å². The van der Waals surface area contributed by atoms with E-state index in [2.05, 4.69) is 39.6 Å². The maximum Gasteiger partial charge on any atom is 0.226 e. The number of aryl methyl sites for hydroxylation is 2. The van der Waals surface area contributed by atoms with Gasteiger partial charge in [-0.15, -0.1) is 0 Å². The largest absolute Gasteiger partial charge is 0.356 e. The Bertz CT molecular complexity index is 437. The highest BCUT2D eigenvalue weighted by molar-refractivity contribution is 5.80. The third-order valence-electron chi connectivity index (χ3n) is 2.96. The molecule has 2 rings (SSSR count). The summed E-state index contributed by atoms with van der Waals surface area (Å²) in [5.41, 5.74) is 0. The predicted molar refractivity (Wildman–Crippen MR) is 78.7 cm³/mol. The van der Waals surface area contributed by atoms with Crippen LogP contribution < -0.4 is 10.6 Å². The van der Waals surface area contributed by atoms with E-state index in [1.807, 2.05) is 6.92 Å². The third kappa shape index (κ3) is 5.59. The number of aromatic nitrogens is 2. The van der Waals surface area contributed by atoms with Gasteiger partial charge in [-0.25, -0.2) is 0 Å². The van der Waals surface area contributed by atoms with Gasteiger partial charge in [0.1, 0.15) is 0 Å². The van der Waals surface area contributed by atoms with E-state index >= 15 is 0 Å². The first-order valence-electron chi connectivity index (χ1n) is 7.47. The van der Waals surface area contributed by atoms with Crippen LogP contribution >= 0.6 is 0 Å². The third-order valence-corrected chi connectivity index (χ3v) is 2.96. The maximum absolute atomic E-state index is 5.09. The molecule has 2 N–H and O–H groups in total. The molecule has 1 heterocycles. The quantitative estimate of drug-likeness (QED) is 0.451. The summed E-state index contributed by atoms with van der Waals surface area (Å²) in [6.45, 7) is 7.90. The van der Waals surface area contributed by atoms with Crippen molar-refractivity contribution < 1.29 is 4.52 Å². The van der Waals surface area contributed by atoms with Gasteiger partial charge in [0, 0.05) is 25.6 Å². The number of hydrogen-bond acceptors (Lipinski definition) is 4. The lowest BCUT2D eigenvalue weighted by Gasteiger charge is -2.12. The molecule has 0 amide bonds. The zero-order chi connectivity index (χ0) is 14.4. The summed E-state index contributed by atoms with van der Waals surface area (Å²) in [7, 11) is 0. The van der Waals surface area contributed by atoms with E-state index in [0.29, 0.717) is 23.7 Å². The van der Waals surface area contributed by atoms with Crippen molar-refractivity contribution in [3.63, 3.8) is 0 Å². The fourth-order valence-corrected chi connectivity index (χ4v) is 1.74. The average Bonchev–Trinajstić information content (AvgIpc) is 3.12. The van der Waals surface area contributed by atoms with Crippen LogP contribution in [0.1, 0.15) is 44.8 Å². The zero-order valence-corrected chi connectivity index (χ0v) is 12.6. The Hall–Kier alpha value is -1.59. The molecule has 1 aliphatic rings. The van der Waals surface area contributed by atoms with Crippen molar-refractivity contribution in [2.24, 2.45) is 10.9 Å². The minimum Gasteiger partial charge on any atom is -0.356 e. The Labute approximate surface area is 120 Å². The SMILES string of the molecule is Cc1noc(CCCNC(=NCC(C)C)NC2CC2)n1. The van der Waals surface area contributed by atoms with Crippen molar-refractivity contribution in [1.82, 2.24) is 20.8 Å². The van der Waals surface area contributed by atoms with E-state index in [0.717, 1.165) is 31.9 Å². The number of rotatable bonds is 7. The Morgan fingerprint density at radius 2 is 2.25 bits per heavy atom. The molecule has 0 spiro atoms. The van der Waals surface area contributed by atoms with Crippen molar-refractivity contribution in [2.75, 3.05) is 13.1 Å². The second kappa shape index (κ2) is 7.26. The molecule has 0 bridgehead atoms. The molecule has 0 aliphatic heterocycles. The molecule has 6 nitrogen and oxygen atoms in total. The summed E-state index contributed by atoms with van der Waals surface area (Å²) in [6, 6.07) is 0.618. The first-order valence-corrected chi connectivity index (χ1v) is 7.47. The Kier molecular flexibility index (Phi) is 5.38. The van der Waals surface area contributed by atoms with Gasteiger partial charge in [0.15, 0.2) is 11.8 Å². The molecule has 1 aliphatic carbocycles. The van der Waals surface area contributed by atoms with Crippen molar-refractivity contribution in [3.8, 4) is 0 Å². The normalized spacial score (nSPS) is 15.7. The van der Waals surface area contributed by atoms with E-state index in [1.165, 1.54) is 12.8 Å². The van der Waals surface area contributed by atoms with Crippen LogP contribution in [0.4, 0.5) is 0 Å². The second-order valence-electron chi connectivity index (χ2n) is 5.77. The number of hydrogen-bond donors (Lipinski definition) is 2. The molecule has 6 heteroatoms. The highest BCUT2D eigenvalue weighted by Crippen LogP contribution is 2.18.